The van der Waals surface area contributed by atoms with E-state index in [9.17, 15) is 22.8 Å². The predicted octanol–water partition coefficient (Wildman–Crippen LogP) is 0.395. The van der Waals surface area contributed by atoms with Gasteiger partial charge in [0.1, 0.15) is 5.60 Å². The Hall–Kier alpha value is -1.35. The van der Waals surface area contributed by atoms with Crippen LogP contribution in [0, 0.1) is 0 Å². The number of esters is 1. The fourth-order valence-corrected chi connectivity index (χ4v) is 1.93. The van der Waals surface area contributed by atoms with Crippen LogP contribution >= 0.6 is 0 Å². The number of aliphatic hydroxyl groups is 1. The maximum Gasteiger partial charge on any atom is 0.415 e. The number of aliphatic hydroxyl groups excluding tert-OH is 1. The van der Waals surface area contributed by atoms with Gasteiger partial charge in [0.15, 0.2) is 6.10 Å². The summed E-state index contributed by atoms with van der Waals surface area (Å²) in [5.41, 5.74) is -0.786. The van der Waals surface area contributed by atoms with Crippen molar-refractivity contribution in [2.45, 2.75) is 38.7 Å². The van der Waals surface area contributed by atoms with Crippen LogP contribution in [0.5, 0.6) is 0 Å². The van der Waals surface area contributed by atoms with Crippen molar-refractivity contribution < 1.29 is 32.6 Å². The number of rotatable bonds is 2. The maximum absolute atomic E-state index is 12.3. The minimum absolute atomic E-state index is 0.114. The van der Waals surface area contributed by atoms with Crippen LogP contribution in [0.3, 0.4) is 0 Å². The number of piperazine rings is 1. The molecule has 1 saturated heterocycles. The zero-order chi connectivity index (χ0) is 17.1. The van der Waals surface area contributed by atoms with Crippen LogP contribution in [0.25, 0.3) is 0 Å². The van der Waals surface area contributed by atoms with Crippen molar-refractivity contribution in [2.75, 3.05) is 32.7 Å². The van der Waals surface area contributed by atoms with E-state index >= 15 is 0 Å². The predicted molar refractivity (Wildman–Crippen MR) is 70.9 cm³/mol. The molecule has 1 rings (SSSR count). The fourth-order valence-electron chi connectivity index (χ4n) is 1.93. The van der Waals surface area contributed by atoms with Crippen LogP contribution in [0.1, 0.15) is 20.8 Å². The number of nitrogens with zero attached hydrogens (tertiary/aromatic N) is 2. The van der Waals surface area contributed by atoms with E-state index < -0.39 is 36.3 Å². The number of alkyl halides is 3. The van der Waals surface area contributed by atoms with Crippen LogP contribution in [0.15, 0.2) is 0 Å². The van der Waals surface area contributed by atoms with E-state index in [-0.39, 0.29) is 26.2 Å². The van der Waals surface area contributed by atoms with Gasteiger partial charge in [0.25, 0.3) is 0 Å². The highest BCUT2D eigenvalue weighted by Gasteiger charge is 2.40. The van der Waals surface area contributed by atoms with E-state index in [1.54, 1.807) is 20.8 Å². The summed E-state index contributed by atoms with van der Waals surface area (Å²) < 4.78 is 41.8. The van der Waals surface area contributed by atoms with Crippen molar-refractivity contribution in [1.29, 1.82) is 0 Å². The third kappa shape index (κ3) is 5.80. The molecule has 6 nitrogen and oxygen atoms in total. The van der Waals surface area contributed by atoms with Crippen molar-refractivity contribution in [3.63, 3.8) is 0 Å². The number of carbonyl (C=O) groups excluding carboxylic acids is 2. The van der Waals surface area contributed by atoms with Crippen molar-refractivity contribution in [1.82, 2.24) is 9.80 Å². The van der Waals surface area contributed by atoms with Crippen LogP contribution in [0.2, 0.25) is 0 Å². The van der Waals surface area contributed by atoms with Gasteiger partial charge in [-0.05, 0) is 20.8 Å². The molecular formula is C13H21F3N2O4. The highest BCUT2D eigenvalue weighted by atomic mass is 19.4. The first-order valence-corrected chi connectivity index (χ1v) is 6.89. The monoisotopic (exact) mass is 326 g/mol. The Balaban J connectivity index is 2.45. The van der Waals surface area contributed by atoms with E-state index in [0.29, 0.717) is 0 Å². The average molecular weight is 326 g/mol. The molecule has 1 N–H and O–H groups in total. The summed E-state index contributed by atoms with van der Waals surface area (Å²) in [6.45, 7) is 4.89. The molecule has 1 atom stereocenters. The first kappa shape index (κ1) is 18.7. The number of carbonyl (C=O) groups is 2. The molecule has 0 aromatic carbocycles. The van der Waals surface area contributed by atoms with Crippen LogP contribution < -0.4 is 0 Å². The lowest BCUT2D eigenvalue weighted by molar-refractivity contribution is -0.209. The molecule has 1 fully saturated rings. The lowest BCUT2D eigenvalue weighted by Gasteiger charge is -2.35. The van der Waals surface area contributed by atoms with Gasteiger partial charge in [-0.1, -0.05) is 0 Å². The van der Waals surface area contributed by atoms with Gasteiger partial charge in [-0.2, -0.15) is 13.2 Å². The molecule has 1 aliphatic heterocycles. The Bertz CT molecular complexity index is 412. The number of hydrogen-bond acceptors (Lipinski definition) is 5. The molecule has 0 bridgehead atoms. The minimum Gasteiger partial charge on any atom is -0.453 e. The summed E-state index contributed by atoms with van der Waals surface area (Å²) in [6.07, 6.45) is -7.08. The van der Waals surface area contributed by atoms with E-state index in [4.69, 9.17) is 9.84 Å². The Labute approximate surface area is 126 Å². The normalized spacial score (nSPS) is 19.0. The second-order valence-corrected chi connectivity index (χ2v) is 6.15. The first-order valence-electron chi connectivity index (χ1n) is 6.89. The molecule has 22 heavy (non-hydrogen) atoms. The van der Waals surface area contributed by atoms with E-state index in [1.165, 1.54) is 9.80 Å². The van der Waals surface area contributed by atoms with Gasteiger partial charge >= 0.3 is 18.1 Å². The van der Waals surface area contributed by atoms with Gasteiger partial charge in [-0.3, -0.25) is 9.69 Å². The number of β-amino-alcohol motifs (C(OH)–C–C–N with tert-alkyl or cyclic N) is 1. The lowest BCUT2D eigenvalue weighted by Crippen LogP contribution is -2.53. The Morgan fingerprint density at radius 1 is 1.14 bits per heavy atom. The number of ether oxygens (including phenoxy) is 1. The molecule has 0 radical (unpaired) electrons. The second-order valence-electron chi connectivity index (χ2n) is 6.15. The molecule has 128 valence electrons. The second kappa shape index (κ2) is 6.82. The maximum atomic E-state index is 12.3. The first-order chi connectivity index (χ1) is 9.90. The quantitative estimate of drug-likeness (QED) is 0.587. The lowest BCUT2D eigenvalue weighted by atomic mass is 10.2. The Kier molecular flexibility index (Phi) is 5.80. The van der Waals surface area contributed by atoms with Crippen molar-refractivity contribution >= 4 is 11.9 Å². The molecule has 9 heteroatoms. The molecular weight excluding hydrogens is 305 g/mol. The van der Waals surface area contributed by atoms with Crippen molar-refractivity contribution in [3.8, 4) is 0 Å². The van der Waals surface area contributed by atoms with Crippen LogP contribution in [-0.4, -0.2) is 77.4 Å². The third-order valence-electron chi connectivity index (χ3n) is 3.04. The zero-order valence-electron chi connectivity index (χ0n) is 12.8. The summed E-state index contributed by atoms with van der Waals surface area (Å²) in [7, 11) is 0. The molecule has 0 aliphatic carbocycles. The van der Waals surface area contributed by atoms with Gasteiger partial charge in [0, 0.05) is 32.7 Å². The molecule has 0 aromatic rings. The van der Waals surface area contributed by atoms with Crippen molar-refractivity contribution in [2.24, 2.45) is 0 Å². The molecule has 0 unspecified atom stereocenters. The van der Waals surface area contributed by atoms with Gasteiger partial charge in [-0.15, -0.1) is 0 Å². The van der Waals surface area contributed by atoms with Crippen molar-refractivity contribution in [3.05, 3.63) is 0 Å². The van der Waals surface area contributed by atoms with E-state index in [0.717, 1.165) is 0 Å². The zero-order valence-corrected chi connectivity index (χ0v) is 12.8. The molecule has 1 aliphatic rings. The van der Waals surface area contributed by atoms with E-state index in [1.807, 2.05) is 0 Å². The summed E-state index contributed by atoms with van der Waals surface area (Å²) in [5, 5.41) is 9.01. The minimum atomic E-state index is -4.66. The summed E-state index contributed by atoms with van der Waals surface area (Å²) >= 11 is 0. The van der Waals surface area contributed by atoms with Crippen LogP contribution in [0.4, 0.5) is 13.2 Å². The number of halogens is 3. The largest absolute Gasteiger partial charge is 0.453 e. The van der Waals surface area contributed by atoms with Gasteiger partial charge in [0.05, 0.1) is 0 Å². The average Bonchev–Trinajstić information content (AvgIpc) is 2.35. The Morgan fingerprint density at radius 3 is 2.05 bits per heavy atom. The molecule has 1 amide bonds. The number of amides is 1. The fraction of sp³-hybridized carbons (Fsp3) is 0.846. The SMILES string of the molecule is CC(C)(C)OC(=O)C(=O)N1CCN(C[C@@H](O)C(F)(F)F)CC1. The standard InChI is InChI=1S/C13H21F3N2O4/c1-12(2,3)22-11(21)10(20)18-6-4-17(5-7-18)8-9(19)13(14,15)16/h9,19H,4-8H2,1-3H3/t9-/m1/s1. The van der Waals surface area contributed by atoms with Gasteiger partial charge < -0.3 is 14.7 Å². The third-order valence-corrected chi connectivity index (χ3v) is 3.04. The summed E-state index contributed by atoms with van der Waals surface area (Å²) in [4.78, 5) is 26.1. The molecule has 0 aromatic heterocycles. The highest BCUT2D eigenvalue weighted by molar-refractivity contribution is 6.32. The van der Waals surface area contributed by atoms with Gasteiger partial charge in [-0.25, -0.2) is 4.79 Å². The highest BCUT2D eigenvalue weighted by Crippen LogP contribution is 2.21. The van der Waals surface area contributed by atoms with Crippen LogP contribution in [-0.2, 0) is 14.3 Å². The number of hydrogen-bond donors (Lipinski definition) is 1. The molecule has 1 heterocycles. The van der Waals surface area contributed by atoms with Gasteiger partial charge in [0.2, 0.25) is 0 Å². The molecule has 0 spiro atoms. The smallest absolute Gasteiger partial charge is 0.415 e. The topological polar surface area (TPSA) is 70.1 Å². The van der Waals surface area contributed by atoms with E-state index in [2.05, 4.69) is 0 Å². The molecule has 0 saturated carbocycles. The Morgan fingerprint density at radius 2 is 1.64 bits per heavy atom. The summed E-state index contributed by atoms with van der Waals surface area (Å²) in [5.74, 6) is -1.78. The summed E-state index contributed by atoms with van der Waals surface area (Å²) in [6, 6.07) is 0.